The third kappa shape index (κ3) is 1.76. The highest BCUT2D eigenvalue weighted by Gasteiger charge is 2.34. The van der Waals surface area contributed by atoms with Gasteiger partial charge in [-0.1, -0.05) is 18.2 Å². The molecule has 1 aromatic rings. The first-order chi connectivity index (χ1) is 7.59. The van der Waals surface area contributed by atoms with Crippen molar-refractivity contribution < 1.29 is 9.72 Å². The van der Waals surface area contributed by atoms with E-state index in [1.54, 1.807) is 0 Å². The number of fused-ring (bicyclic) bond motifs is 1. The molecule has 1 heterocycles. The molecule has 1 amide bonds. The van der Waals surface area contributed by atoms with Gasteiger partial charge in [-0.15, -0.1) is 0 Å². The van der Waals surface area contributed by atoms with Crippen LogP contribution in [0.5, 0.6) is 0 Å². The number of carbonyl (C=O) groups is 1. The van der Waals surface area contributed by atoms with Crippen LogP contribution in [-0.4, -0.2) is 23.4 Å². The van der Waals surface area contributed by atoms with Crippen LogP contribution >= 0.6 is 0 Å². The van der Waals surface area contributed by atoms with Crippen LogP contribution < -0.4 is 4.90 Å². The Labute approximate surface area is 92.8 Å². The van der Waals surface area contributed by atoms with E-state index in [0.717, 1.165) is 11.3 Å². The van der Waals surface area contributed by atoms with Crippen LogP contribution in [0.2, 0.25) is 0 Å². The summed E-state index contributed by atoms with van der Waals surface area (Å²) in [5, 5.41) is 10.5. The molecule has 0 saturated carbocycles. The quantitative estimate of drug-likeness (QED) is 0.556. The van der Waals surface area contributed by atoms with Crippen LogP contribution in [0, 0.1) is 10.1 Å². The average Bonchev–Trinajstić information content (AvgIpc) is 2.53. The summed E-state index contributed by atoms with van der Waals surface area (Å²) in [4.78, 5) is 23.2. The Morgan fingerprint density at radius 1 is 1.56 bits per heavy atom. The zero-order valence-electron chi connectivity index (χ0n) is 8.92. The second-order valence-electron chi connectivity index (χ2n) is 3.89. The molecule has 1 unspecified atom stereocenters. The van der Waals surface area contributed by atoms with E-state index in [1.165, 1.54) is 11.8 Å². The number of para-hydroxylation sites is 1. The van der Waals surface area contributed by atoms with E-state index in [-0.39, 0.29) is 23.4 Å². The molecule has 1 aliphatic rings. The molecule has 0 aliphatic carbocycles. The topological polar surface area (TPSA) is 63.5 Å². The van der Waals surface area contributed by atoms with Crippen LogP contribution in [0.4, 0.5) is 5.69 Å². The second kappa shape index (κ2) is 3.92. The molecule has 0 spiro atoms. The number of hydrogen-bond donors (Lipinski definition) is 0. The van der Waals surface area contributed by atoms with E-state index >= 15 is 0 Å². The first-order valence-corrected chi connectivity index (χ1v) is 5.09. The van der Waals surface area contributed by atoms with Crippen molar-refractivity contribution in [2.24, 2.45) is 0 Å². The maximum Gasteiger partial charge on any atom is 0.224 e. The van der Waals surface area contributed by atoms with E-state index in [2.05, 4.69) is 0 Å². The highest BCUT2D eigenvalue weighted by molar-refractivity contribution is 5.94. The minimum absolute atomic E-state index is 0.142. The first-order valence-electron chi connectivity index (χ1n) is 5.09. The predicted octanol–water partition coefficient (Wildman–Crippen LogP) is 1.24. The van der Waals surface area contributed by atoms with Crippen molar-refractivity contribution in [2.75, 3.05) is 11.4 Å². The fraction of sp³-hybridized carbons (Fsp3) is 0.364. The Balaban J connectivity index is 2.33. The van der Waals surface area contributed by atoms with Gasteiger partial charge >= 0.3 is 0 Å². The molecule has 5 heteroatoms. The SMILES string of the molecule is CC(=O)N1c2ccccc2CC1C[N+](=O)[O-]. The van der Waals surface area contributed by atoms with Gasteiger partial charge < -0.3 is 4.90 Å². The highest BCUT2D eigenvalue weighted by Crippen LogP contribution is 2.31. The van der Waals surface area contributed by atoms with Gasteiger partial charge in [-0.05, 0) is 11.6 Å². The lowest BCUT2D eigenvalue weighted by Crippen LogP contribution is -2.40. The molecular formula is C11H12N2O3. The van der Waals surface area contributed by atoms with Crippen LogP contribution in [0.3, 0.4) is 0 Å². The lowest BCUT2D eigenvalue weighted by atomic mass is 10.1. The second-order valence-corrected chi connectivity index (χ2v) is 3.89. The largest absolute Gasteiger partial charge is 0.302 e. The molecule has 0 N–H and O–H groups in total. The molecule has 2 rings (SSSR count). The molecule has 1 aliphatic heterocycles. The van der Waals surface area contributed by atoms with E-state index in [0.29, 0.717) is 6.42 Å². The molecule has 0 fully saturated rings. The number of rotatable bonds is 2. The fourth-order valence-electron chi connectivity index (χ4n) is 2.21. The first kappa shape index (κ1) is 10.6. The third-order valence-corrected chi connectivity index (χ3v) is 2.77. The van der Waals surface area contributed by atoms with Crippen molar-refractivity contribution in [3.8, 4) is 0 Å². The van der Waals surface area contributed by atoms with Crippen molar-refractivity contribution in [1.82, 2.24) is 0 Å². The van der Waals surface area contributed by atoms with Crippen molar-refractivity contribution >= 4 is 11.6 Å². The zero-order valence-corrected chi connectivity index (χ0v) is 8.92. The summed E-state index contributed by atoms with van der Waals surface area (Å²) in [6.45, 7) is 1.24. The maximum absolute atomic E-state index is 11.5. The van der Waals surface area contributed by atoms with E-state index in [4.69, 9.17) is 0 Å². The number of carbonyl (C=O) groups excluding carboxylic acids is 1. The predicted molar refractivity (Wildman–Crippen MR) is 59.0 cm³/mol. The van der Waals surface area contributed by atoms with Gasteiger partial charge in [0.1, 0.15) is 6.04 Å². The summed E-state index contributed by atoms with van der Waals surface area (Å²) in [6, 6.07) is 7.11. The summed E-state index contributed by atoms with van der Waals surface area (Å²) in [6.07, 6.45) is 0.566. The Kier molecular flexibility index (Phi) is 2.60. The lowest BCUT2D eigenvalue weighted by molar-refractivity contribution is -0.482. The van der Waals surface area contributed by atoms with Gasteiger partial charge in [0.05, 0.1) is 0 Å². The summed E-state index contributed by atoms with van der Waals surface area (Å²) < 4.78 is 0. The van der Waals surface area contributed by atoms with Crippen LogP contribution in [0.15, 0.2) is 24.3 Å². The Morgan fingerprint density at radius 2 is 2.25 bits per heavy atom. The van der Waals surface area contributed by atoms with Gasteiger partial charge in [0.2, 0.25) is 12.5 Å². The molecule has 1 atom stereocenters. The van der Waals surface area contributed by atoms with Gasteiger partial charge in [-0.25, -0.2) is 0 Å². The van der Waals surface area contributed by atoms with Gasteiger partial charge in [0.15, 0.2) is 0 Å². The standard InChI is InChI=1S/C11H12N2O3/c1-8(14)13-10(7-12(15)16)6-9-4-2-3-5-11(9)13/h2-5,10H,6-7H2,1H3. The smallest absolute Gasteiger partial charge is 0.224 e. The van der Waals surface area contributed by atoms with Crippen LogP contribution in [0.1, 0.15) is 12.5 Å². The molecule has 0 saturated heterocycles. The number of nitro groups is 1. The summed E-state index contributed by atoms with van der Waals surface area (Å²) in [5.74, 6) is -0.142. The monoisotopic (exact) mass is 220 g/mol. The Hall–Kier alpha value is -1.91. The van der Waals surface area contributed by atoms with Crippen molar-refractivity contribution in [2.45, 2.75) is 19.4 Å². The number of benzene rings is 1. The zero-order chi connectivity index (χ0) is 11.7. The lowest BCUT2D eigenvalue weighted by Gasteiger charge is -2.20. The normalized spacial score (nSPS) is 18.3. The Morgan fingerprint density at radius 3 is 2.88 bits per heavy atom. The molecule has 0 bridgehead atoms. The number of nitrogens with zero attached hydrogens (tertiary/aromatic N) is 2. The van der Waals surface area contributed by atoms with Gasteiger partial charge in [-0.3, -0.25) is 14.9 Å². The number of anilines is 1. The molecule has 0 radical (unpaired) electrons. The maximum atomic E-state index is 11.5. The third-order valence-electron chi connectivity index (χ3n) is 2.77. The molecule has 5 nitrogen and oxygen atoms in total. The summed E-state index contributed by atoms with van der Waals surface area (Å²) in [5.41, 5.74) is 1.81. The highest BCUT2D eigenvalue weighted by atomic mass is 16.6. The minimum atomic E-state index is -0.369. The van der Waals surface area contributed by atoms with Crippen molar-refractivity contribution in [3.63, 3.8) is 0 Å². The molecule has 84 valence electrons. The summed E-state index contributed by atoms with van der Waals surface area (Å²) in [7, 11) is 0. The van der Waals surface area contributed by atoms with E-state index in [1.807, 2.05) is 24.3 Å². The van der Waals surface area contributed by atoms with Gasteiger partial charge in [0.25, 0.3) is 0 Å². The average molecular weight is 220 g/mol. The van der Waals surface area contributed by atoms with Crippen molar-refractivity contribution in [3.05, 3.63) is 39.9 Å². The van der Waals surface area contributed by atoms with E-state index in [9.17, 15) is 14.9 Å². The van der Waals surface area contributed by atoms with Crippen molar-refractivity contribution in [1.29, 1.82) is 0 Å². The molecule has 0 aromatic heterocycles. The fourth-order valence-corrected chi connectivity index (χ4v) is 2.21. The number of amides is 1. The molecule has 1 aromatic carbocycles. The molecule has 16 heavy (non-hydrogen) atoms. The Bertz CT molecular complexity index is 445. The number of hydrogen-bond acceptors (Lipinski definition) is 3. The van der Waals surface area contributed by atoms with Gasteiger partial charge in [0, 0.05) is 24.0 Å². The van der Waals surface area contributed by atoms with E-state index < -0.39 is 0 Å². The van der Waals surface area contributed by atoms with Gasteiger partial charge in [-0.2, -0.15) is 0 Å². The van der Waals surface area contributed by atoms with Crippen LogP contribution in [0.25, 0.3) is 0 Å². The minimum Gasteiger partial charge on any atom is -0.302 e. The summed E-state index contributed by atoms with van der Waals surface area (Å²) >= 11 is 0. The molecular weight excluding hydrogens is 208 g/mol. The van der Waals surface area contributed by atoms with Crippen LogP contribution in [-0.2, 0) is 11.2 Å².